The summed E-state index contributed by atoms with van der Waals surface area (Å²) in [5.41, 5.74) is 3.53. The maximum absolute atomic E-state index is 6.28. The van der Waals surface area contributed by atoms with E-state index in [9.17, 15) is 0 Å². The molecule has 3 rings (SSSR count). The molecule has 22 heavy (non-hydrogen) atoms. The Bertz CT molecular complexity index is 629. The van der Waals surface area contributed by atoms with Crippen LogP contribution in [0.3, 0.4) is 0 Å². The fraction of sp³-hybridized carbons (Fsp3) is 0.333. The molecule has 2 aromatic carbocycles. The van der Waals surface area contributed by atoms with Gasteiger partial charge in [-0.15, -0.1) is 0 Å². The number of rotatable bonds is 3. The Hall–Kier alpha value is -1.22. The number of piperazine rings is 1. The molecule has 0 unspecified atom stereocenters. The van der Waals surface area contributed by atoms with Crippen molar-refractivity contribution in [1.82, 2.24) is 4.90 Å². The number of hydrogen-bond acceptors (Lipinski definition) is 2. The van der Waals surface area contributed by atoms with Crippen molar-refractivity contribution in [2.75, 3.05) is 38.1 Å². The summed E-state index contributed by atoms with van der Waals surface area (Å²) in [6, 6.07) is 14.4. The second-order valence-electron chi connectivity index (χ2n) is 5.84. The van der Waals surface area contributed by atoms with Gasteiger partial charge in [0.05, 0.1) is 0 Å². The lowest BCUT2D eigenvalue weighted by molar-refractivity contribution is 0.313. The van der Waals surface area contributed by atoms with Gasteiger partial charge in [0.25, 0.3) is 0 Å². The number of anilines is 1. The highest BCUT2D eigenvalue weighted by Gasteiger charge is 2.15. The Balaban J connectivity index is 1.79. The molecule has 0 aliphatic carbocycles. The molecule has 1 aliphatic rings. The number of likely N-dealkylation sites (N-methyl/N-ethyl adjacent to an activating group) is 1. The lowest BCUT2D eigenvalue weighted by atomic mass is 10.0. The van der Waals surface area contributed by atoms with Gasteiger partial charge in [0.15, 0.2) is 0 Å². The first kappa shape index (κ1) is 15.7. The molecule has 1 heterocycles. The Morgan fingerprint density at radius 2 is 1.55 bits per heavy atom. The van der Waals surface area contributed by atoms with Crippen LogP contribution in [-0.2, 0) is 6.42 Å². The smallest absolute Gasteiger partial charge is 0.0456 e. The highest BCUT2D eigenvalue weighted by atomic mass is 35.5. The molecule has 0 radical (unpaired) electrons. The van der Waals surface area contributed by atoms with E-state index in [4.69, 9.17) is 23.2 Å². The summed E-state index contributed by atoms with van der Waals surface area (Å²) in [6.07, 6.45) is 0.764. The molecule has 0 atom stereocenters. The quantitative estimate of drug-likeness (QED) is 0.823. The Morgan fingerprint density at radius 1 is 0.909 bits per heavy atom. The summed E-state index contributed by atoms with van der Waals surface area (Å²) in [6.45, 7) is 4.38. The number of hydrogen-bond donors (Lipinski definition) is 0. The van der Waals surface area contributed by atoms with E-state index in [2.05, 4.69) is 41.1 Å². The van der Waals surface area contributed by atoms with Gasteiger partial charge in [-0.05, 0) is 42.4 Å². The Kier molecular flexibility index (Phi) is 4.92. The molecular formula is C18H20Cl2N2. The maximum atomic E-state index is 6.28. The van der Waals surface area contributed by atoms with Gasteiger partial charge in [-0.1, -0.05) is 41.4 Å². The van der Waals surface area contributed by atoms with Gasteiger partial charge in [-0.2, -0.15) is 0 Å². The first-order valence-electron chi connectivity index (χ1n) is 7.59. The Morgan fingerprint density at radius 3 is 2.23 bits per heavy atom. The standard InChI is InChI=1S/C18H20Cl2N2/c1-21-8-10-22(11-9-21)15-5-2-4-14(12-15)13-16-17(19)6-3-7-18(16)20/h2-7,12H,8-11,13H2,1H3. The fourth-order valence-corrected chi connectivity index (χ4v) is 3.36. The van der Waals surface area contributed by atoms with Gasteiger partial charge < -0.3 is 9.80 Å². The third-order valence-electron chi connectivity index (χ3n) is 4.22. The van der Waals surface area contributed by atoms with E-state index in [0.717, 1.165) is 48.2 Å². The van der Waals surface area contributed by atoms with Crippen LogP contribution in [0, 0.1) is 0 Å². The van der Waals surface area contributed by atoms with Crippen LogP contribution in [0.1, 0.15) is 11.1 Å². The summed E-state index contributed by atoms with van der Waals surface area (Å²) in [7, 11) is 2.17. The minimum atomic E-state index is 0.734. The molecule has 0 N–H and O–H groups in total. The molecule has 1 fully saturated rings. The first-order valence-corrected chi connectivity index (χ1v) is 8.34. The van der Waals surface area contributed by atoms with Gasteiger partial charge in [0.1, 0.15) is 0 Å². The number of halogens is 2. The normalized spacial score (nSPS) is 16.0. The van der Waals surface area contributed by atoms with E-state index in [1.165, 1.54) is 11.3 Å². The fourth-order valence-electron chi connectivity index (χ4n) is 2.83. The van der Waals surface area contributed by atoms with Crippen molar-refractivity contribution in [3.05, 3.63) is 63.6 Å². The van der Waals surface area contributed by atoms with E-state index in [0.29, 0.717) is 0 Å². The lowest BCUT2D eigenvalue weighted by Gasteiger charge is -2.34. The van der Waals surface area contributed by atoms with Crippen molar-refractivity contribution in [3.8, 4) is 0 Å². The molecule has 1 saturated heterocycles. The van der Waals surface area contributed by atoms with Gasteiger partial charge in [0.2, 0.25) is 0 Å². The topological polar surface area (TPSA) is 6.48 Å². The van der Waals surface area contributed by atoms with E-state index >= 15 is 0 Å². The van der Waals surface area contributed by atoms with Gasteiger partial charge in [-0.3, -0.25) is 0 Å². The summed E-state index contributed by atoms with van der Waals surface area (Å²) >= 11 is 12.6. The highest BCUT2D eigenvalue weighted by molar-refractivity contribution is 6.36. The zero-order valence-electron chi connectivity index (χ0n) is 12.7. The lowest BCUT2D eigenvalue weighted by Crippen LogP contribution is -2.44. The molecule has 116 valence electrons. The second kappa shape index (κ2) is 6.91. The van der Waals surface area contributed by atoms with Crippen LogP contribution < -0.4 is 4.90 Å². The number of nitrogens with zero attached hydrogens (tertiary/aromatic N) is 2. The zero-order valence-corrected chi connectivity index (χ0v) is 14.2. The van der Waals surface area contributed by atoms with Crippen molar-refractivity contribution in [2.45, 2.75) is 6.42 Å². The first-order chi connectivity index (χ1) is 10.6. The third-order valence-corrected chi connectivity index (χ3v) is 4.93. The third kappa shape index (κ3) is 3.57. The van der Waals surface area contributed by atoms with Crippen LogP contribution in [0.2, 0.25) is 10.0 Å². The molecule has 0 amide bonds. The van der Waals surface area contributed by atoms with E-state index < -0.39 is 0 Å². The summed E-state index contributed by atoms with van der Waals surface area (Å²) < 4.78 is 0. The maximum Gasteiger partial charge on any atom is 0.0456 e. The van der Waals surface area contributed by atoms with Crippen molar-refractivity contribution in [3.63, 3.8) is 0 Å². The van der Waals surface area contributed by atoms with E-state index in [-0.39, 0.29) is 0 Å². The van der Waals surface area contributed by atoms with Gasteiger partial charge in [0, 0.05) is 48.3 Å². The molecule has 2 aromatic rings. The van der Waals surface area contributed by atoms with Crippen molar-refractivity contribution in [1.29, 1.82) is 0 Å². The minimum absolute atomic E-state index is 0.734. The van der Waals surface area contributed by atoms with E-state index in [1.807, 2.05) is 18.2 Å². The average Bonchev–Trinajstić information content (AvgIpc) is 2.52. The SMILES string of the molecule is CN1CCN(c2cccc(Cc3c(Cl)cccc3Cl)c2)CC1. The summed E-state index contributed by atoms with van der Waals surface area (Å²) in [5, 5.41) is 1.47. The van der Waals surface area contributed by atoms with Crippen molar-refractivity contribution >= 4 is 28.9 Å². The predicted molar refractivity (Wildman–Crippen MR) is 95.4 cm³/mol. The van der Waals surface area contributed by atoms with Crippen molar-refractivity contribution < 1.29 is 0 Å². The molecule has 2 nitrogen and oxygen atoms in total. The summed E-state index contributed by atoms with van der Waals surface area (Å²) in [5.74, 6) is 0. The van der Waals surface area contributed by atoms with Gasteiger partial charge >= 0.3 is 0 Å². The zero-order chi connectivity index (χ0) is 15.5. The molecule has 0 spiro atoms. The van der Waals surface area contributed by atoms with Crippen LogP contribution in [0.4, 0.5) is 5.69 Å². The van der Waals surface area contributed by atoms with Crippen molar-refractivity contribution in [2.24, 2.45) is 0 Å². The van der Waals surface area contributed by atoms with Crippen LogP contribution in [0.25, 0.3) is 0 Å². The van der Waals surface area contributed by atoms with Crippen LogP contribution in [0.15, 0.2) is 42.5 Å². The molecular weight excluding hydrogens is 315 g/mol. The summed E-state index contributed by atoms with van der Waals surface area (Å²) in [4.78, 5) is 4.81. The molecule has 0 aromatic heterocycles. The minimum Gasteiger partial charge on any atom is -0.369 e. The molecule has 0 saturated carbocycles. The monoisotopic (exact) mass is 334 g/mol. The van der Waals surface area contributed by atoms with E-state index in [1.54, 1.807) is 0 Å². The Labute approximate surface area is 142 Å². The molecule has 0 bridgehead atoms. The predicted octanol–water partition coefficient (Wildman–Crippen LogP) is 4.34. The second-order valence-corrected chi connectivity index (χ2v) is 6.65. The average molecular weight is 335 g/mol. The molecule has 1 aliphatic heterocycles. The number of benzene rings is 2. The largest absolute Gasteiger partial charge is 0.369 e. The molecule has 4 heteroatoms. The van der Waals surface area contributed by atoms with Crippen LogP contribution in [0.5, 0.6) is 0 Å². The highest BCUT2D eigenvalue weighted by Crippen LogP contribution is 2.28. The van der Waals surface area contributed by atoms with Crippen LogP contribution >= 0.6 is 23.2 Å². The van der Waals surface area contributed by atoms with Crippen LogP contribution in [-0.4, -0.2) is 38.1 Å². The van der Waals surface area contributed by atoms with Gasteiger partial charge in [-0.25, -0.2) is 0 Å².